The fourth-order valence-electron chi connectivity index (χ4n) is 2.04. The van der Waals surface area contributed by atoms with Crippen LogP contribution < -0.4 is 0 Å². The predicted molar refractivity (Wildman–Crippen MR) is 49.1 cm³/mol. The molecule has 1 fully saturated rings. The summed E-state index contributed by atoms with van der Waals surface area (Å²) in [6.07, 6.45) is 4.03. The van der Waals surface area contributed by atoms with E-state index in [0.717, 1.165) is 18.8 Å². The molecule has 72 valence electrons. The maximum Gasteiger partial charge on any atom is 0.0933 e. The van der Waals surface area contributed by atoms with E-state index in [1.54, 1.807) is 7.11 Å². The van der Waals surface area contributed by atoms with Gasteiger partial charge in [-0.05, 0) is 38.5 Å². The van der Waals surface area contributed by atoms with E-state index in [2.05, 4.69) is 6.92 Å². The Labute approximate surface area is 74.9 Å². The van der Waals surface area contributed by atoms with Crippen molar-refractivity contribution >= 4 is 0 Å². The summed E-state index contributed by atoms with van der Waals surface area (Å²) >= 11 is 0. The average molecular weight is 172 g/mol. The fourth-order valence-corrected chi connectivity index (χ4v) is 2.04. The molecule has 2 nitrogen and oxygen atoms in total. The van der Waals surface area contributed by atoms with Gasteiger partial charge >= 0.3 is 0 Å². The molecule has 1 aliphatic rings. The number of aliphatic hydroxyl groups is 1. The zero-order valence-corrected chi connectivity index (χ0v) is 8.34. The lowest BCUT2D eigenvalue weighted by Crippen LogP contribution is -2.45. The Morgan fingerprint density at radius 2 is 1.92 bits per heavy atom. The van der Waals surface area contributed by atoms with E-state index in [-0.39, 0.29) is 11.7 Å². The van der Waals surface area contributed by atoms with Crippen molar-refractivity contribution in [2.45, 2.75) is 51.2 Å². The maximum atomic E-state index is 9.59. The molecule has 0 aromatic heterocycles. The topological polar surface area (TPSA) is 29.5 Å². The largest absolute Gasteiger partial charge is 0.390 e. The molecule has 0 heterocycles. The van der Waals surface area contributed by atoms with E-state index in [1.165, 1.54) is 12.8 Å². The number of hydrogen-bond acceptors (Lipinski definition) is 2. The third kappa shape index (κ3) is 1.80. The molecule has 1 N–H and O–H groups in total. The quantitative estimate of drug-likeness (QED) is 0.690. The Morgan fingerprint density at radius 1 is 1.42 bits per heavy atom. The highest BCUT2D eigenvalue weighted by atomic mass is 16.5. The van der Waals surface area contributed by atoms with Gasteiger partial charge in [0.05, 0.1) is 11.7 Å². The molecule has 0 spiro atoms. The van der Waals surface area contributed by atoms with Crippen LogP contribution in [0.5, 0.6) is 0 Å². The zero-order chi connectivity index (χ0) is 9.19. The first kappa shape index (κ1) is 10.0. The molecule has 0 aromatic carbocycles. The van der Waals surface area contributed by atoms with Gasteiger partial charge in [0, 0.05) is 7.11 Å². The van der Waals surface area contributed by atoms with Gasteiger partial charge in [-0.1, -0.05) is 6.92 Å². The molecule has 0 saturated heterocycles. The van der Waals surface area contributed by atoms with Gasteiger partial charge in [-0.15, -0.1) is 0 Å². The summed E-state index contributed by atoms with van der Waals surface area (Å²) in [7, 11) is 1.71. The van der Waals surface area contributed by atoms with Crippen LogP contribution in [-0.2, 0) is 4.74 Å². The molecule has 1 rings (SSSR count). The van der Waals surface area contributed by atoms with Crippen LogP contribution in [0.25, 0.3) is 0 Å². The highest BCUT2D eigenvalue weighted by Gasteiger charge is 2.38. The van der Waals surface area contributed by atoms with Crippen LogP contribution >= 0.6 is 0 Å². The normalized spacial score (nSPS) is 39.5. The van der Waals surface area contributed by atoms with E-state index in [9.17, 15) is 5.11 Å². The minimum atomic E-state index is -0.338. The first-order valence-electron chi connectivity index (χ1n) is 4.84. The molecular formula is C10H20O2. The second-order valence-electron chi connectivity index (χ2n) is 4.13. The number of rotatable bonds is 2. The molecule has 2 heteroatoms. The number of aliphatic hydroxyl groups excluding tert-OH is 1. The summed E-state index contributed by atoms with van der Waals surface area (Å²) in [5.41, 5.74) is -0.244. The maximum absolute atomic E-state index is 9.59. The van der Waals surface area contributed by atoms with E-state index in [1.807, 2.05) is 6.92 Å². The van der Waals surface area contributed by atoms with E-state index >= 15 is 0 Å². The van der Waals surface area contributed by atoms with Crippen LogP contribution in [0.4, 0.5) is 0 Å². The summed E-state index contributed by atoms with van der Waals surface area (Å²) < 4.78 is 5.44. The molecule has 0 radical (unpaired) electrons. The zero-order valence-electron chi connectivity index (χ0n) is 8.34. The monoisotopic (exact) mass is 172 g/mol. The Hall–Kier alpha value is -0.0800. The molecule has 0 aliphatic heterocycles. The van der Waals surface area contributed by atoms with Crippen molar-refractivity contribution in [3.8, 4) is 0 Å². The Balaban J connectivity index is 2.57. The lowest BCUT2D eigenvalue weighted by Gasteiger charge is -2.40. The Bertz CT molecular complexity index is 135. The standard InChI is InChI=1S/C10H20O2/c1-8-4-6-10(12-3,7-5-8)9(2)11/h8-9,11H,4-7H2,1-3H3. The molecule has 1 atom stereocenters. The van der Waals surface area contributed by atoms with Crippen molar-refractivity contribution in [1.82, 2.24) is 0 Å². The number of hydrogen-bond donors (Lipinski definition) is 1. The number of methoxy groups -OCH3 is 1. The van der Waals surface area contributed by atoms with Gasteiger partial charge in [0.2, 0.25) is 0 Å². The molecule has 0 aromatic rings. The second-order valence-corrected chi connectivity index (χ2v) is 4.13. The molecule has 1 aliphatic carbocycles. The molecule has 12 heavy (non-hydrogen) atoms. The summed E-state index contributed by atoms with van der Waals surface area (Å²) in [6, 6.07) is 0. The van der Waals surface area contributed by atoms with Crippen molar-refractivity contribution < 1.29 is 9.84 Å². The minimum Gasteiger partial charge on any atom is -0.390 e. The summed E-state index contributed by atoms with van der Waals surface area (Å²) in [6.45, 7) is 4.10. The molecule has 0 bridgehead atoms. The first-order chi connectivity index (χ1) is 5.60. The van der Waals surface area contributed by atoms with Crippen molar-refractivity contribution in [1.29, 1.82) is 0 Å². The van der Waals surface area contributed by atoms with E-state index in [0.29, 0.717) is 0 Å². The number of ether oxygens (including phenoxy) is 1. The van der Waals surface area contributed by atoms with Crippen LogP contribution in [-0.4, -0.2) is 23.9 Å². The van der Waals surface area contributed by atoms with Crippen molar-refractivity contribution in [3.63, 3.8) is 0 Å². The third-order valence-electron chi connectivity index (χ3n) is 3.29. The summed E-state index contributed by atoms with van der Waals surface area (Å²) in [5.74, 6) is 0.798. The SMILES string of the molecule is COC1(C(C)O)CCC(C)CC1. The molecule has 1 saturated carbocycles. The second kappa shape index (κ2) is 3.75. The van der Waals surface area contributed by atoms with E-state index < -0.39 is 0 Å². The first-order valence-corrected chi connectivity index (χ1v) is 4.84. The lowest BCUT2D eigenvalue weighted by atomic mass is 9.77. The average Bonchev–Trinajstić information content (AvgIpc) is 2.06. The van der Waals surface area contributed by atoms with Crippen LogP contribution in [0, 0.1) is 5.92 Å². The fraction of sp³-hybridized carbons (Fsp3) is 1.00. The highest BCUT2D eigenvalue weighted by molar-refractivity contribution is 4.90. The van der Waals surface area contributed by atoms with Gasteiger partial charge in [-0.25, -0.2) is 0 Å². The van der Waals surface area contributed by atoms with Crippen molar-refractivity contribution in [3.05, 3.63) is 0 Å². The molecule has 0 amide bonds. The summed E-state index contributed by atoms with van der Waals surface area (Å²) in [4.78, 5) is 0. The Kier molecular flexibility index (Phi) is 3.13. The van der Waals surface area contributed by atoms with Gasteiger partial charge < -0.3 is 9.84 Å². The third-order valence-corrected chi connectivity index (χ3v) is 3.29. The van der Waals surface area contributed by atoms with Gasteiger partial charge in [0.1, 0.15) is 0 Å². The van der Waals surface area contributed by atoms with Crippen molar-refractivity contribution in [2.75, 3.05) is 7.11 Å². The molecular weight excluding hydrogens is 152 g/mol. The lowest BCUT2D eigenvalue weighted by molar-refractivity contribution is -0.121. The highest BCUT2D eigenvalue weighted by Crippen LogP contribution is 2.36. The van der Waals surface area contributed by atoms with Gasteiger partial charge in [-0.2, -0.15) is 0 Å². The Morgan fingerprint density at radius 3 is 2.25 bits per heavy atom. The van der Waals surface area contributed by atoms with Crippen LogP contribution in [0.15, 0.2) is 0 Å². The smallest absolute Gasteiger partial charge is 0.0933 e. The minimum absolute atomic E-state index is 0.244. The summed E-state index contributed by atoms with van der Waals surface area (Å²) in [5, 5.41) is 9.59. The van der Waals surface area contributed by atoms with Crippen LogP contribution in [0.2, 0.25) is 0 Å². The van der Waals surface area contributed by atoms with Crippen LogP contribution in [0.1, 0.15) is 39.5 Å². The van der Waals surface area contributed by atoms with E-state index in [4.69, 9.17) is 4.74 Å². The van der Waals surface area contributed by atoms with Crippen molar-refractivity contribution in [2.24, 2.45) is 5.92 Å². The van der Waals surface area contributed by atoms with Gasteiger partial charge in [-0.3, -0.25) is 0 Å². The van der Waals surface area contributed by atoms with Gasteiger partial charge in [0.15, 0.2) is 0 Å². The molecule has 1 unspecified atom stereocenters. The van der Waals surface area contributed by atoms with Gasteiger partial charge in [0.25, 0.3) is 0 Å². The van der Waals surface area contributed by atoms with Crippen LogP contribution in [0.3, 0.4) is 0 Å². The predicted octanol–water partition coefficient (Wildman–Crippen LogP) is 1.96.